The van der Waals surface area contributed by atoms with Crippen molar-refractivity contribution in [2.45, 2.75) is 25.4 Å². The number of carbonyl (C=O) groups is 1. The lowest BCUT2D eigenvalue weighted by molar-refractivity contribution is -0.131. The lowest BCUT2D eigenvalue weighted by Crippen LogP contribution is -2.37. The molecule has 122 valence electrons. The average Bonchev–Trinajstić information content (AvgIpc) is 3.20. The summed E-state index contributed by atoms with van der Waals surface area (Å²) in [6.07, 6.45) is 2.09. The maximum absolute atomic E-state index is 13.1. The minimum atomic E-state index is -0.218. The molecule has 23 heavy (non-hydrogen) atoms. The molecule has 0 aliphatic carbocycles. The highest BCUT2D eigenvalue weighted by atomic mass is 32.1. The van der Waals surface area contributed by atoms with Crippen molar-refractivity contribution in [1.29, 1.82) is 0 Å². The Balaban J connectivity index is 1.61. The molecule has 0 N–H and O–H groups in total. The Labute approximate surface area is 140 Å². The molecule has 0 bridgehead atoms. The van der Waals surface area contributed by atoms with Gasteiger partial charge in [0, 0.05) is 18.0 Å². The van der Waals surface area contributed by atoms with Crippen molar-refractivity contribution in [3.63, 3.8) is 0 Å². The van der Waals surface area contributed by atoms with Crippen molar-refractivity contribution in [1.82, 2.24) is 9.80 Å². The van der Waals surface area contributed by atoms with E-state index in [1.54, 1.807) is 16.2 Å². The van der Waals surface area contributed by atoms with Gasteiger partial charge < -0.3 is 4.90 Å². The first-order chi connectivity index (χ1) is 11.1. The molecule has 0 saturated carbocycles. The van der Waals surface area contributed by atoms with Crippen LogP contribution in [0.4, 0.5) is 4.39 Å². The number of rotatable bonds is 5. The lowest BCUT2D eigenvalue weighted by Gasteiger charge is -2.26. The SMILES string of the molecule is CN(Cc1cccs1)C(=O)CN1CCCC1c1ccc(F)cc1. The van der Waals surface area contributed by atoms with Crippen LogP contribution in [-0.2, 0) is 11.3 Å². The van der Waals surface area contributed by atoms with E-state index in [0.29, 0.717) is 13.1 Å². The first-order valence-electron chi connectivity index (χ1n) is 7.89. The first kappa shape index (κ1) is 16.1. The summed E-state index contributed by atoms with van der Waals surface area (Å²) in [5, 5.41) is 2.03. The fourth-order valence-electron chi connectivity index (χ4n) is 3.10. The number of likely N-dealkylation sites (tertiary alicyclic amines) is 1. The van der Waals surface area contributed by atoms with E-state index in [-0.39, 0.29) is 17.8 Å². The molecule has 1 aliphatic heterocycles. The zero-order valence-electron chi connectivity index (χ0n) is 13.2. The topological polar surface area (TPSA) is 23.6 Å². The number of nitrogens with zero attached hydrogens (tertiary/aromatic N) is 2. The van der Waals surface area contributed by atoms with Gasteiger partial charge in [-0.3, -0.25) is 9.69 Å². The van der Waals surface area contributed by atoms with Crippen LogP contribution >= 0.6 is 11.3 Å². The largest absolute Gasteiger partial charge is 0.340 e. The maximum atomic E-state index is 13.1. The van der Waals surface area contributed by atoms with Crippen molar-refractivity contribution >= 4 is 17.2 Å². The molecule has 0 spiro atoms. The van der Waals surface area contributed by atoms with Gasteiger partial charge in [-0.05, 0) is 48.5 Å². The molecule has 1 fully saturated rings. The van der Waals surface area contributed by atoms with Crippen molar-refractivity contribution in [2.75, 3.05) is 20.1 Å². The van der Waals surface area contributed by atoms with Crippen LogP contribution in [0, 0.1) is 5.82 Å². The normalized spacial score (nSPS) is 18.3. The first-order valence-corrected chi connectivity index (χ1v) is 8.77. The lowest BCUT2D eigenvalue weighted by atomic mass is 10.0. The number of amides is 1. The highest BCUT2D eigenvalue weighted by molar-refractivity contribution is 7.09. The van der Waals surface area contributed by atoms with Crippen LogP contribution in [0.3, 0.4) is 0 Å². The van der Waals surface area contributed by atoms with Gasteiger partial charge in [0.2, 0.25) is 5.91 Å². The second-order valence-electron chi connectivity index (χ2n) is 6.01. The van der Waals surface area contributed by atoms with E-state index in [0.717, 1.165) is 24.9 Å². The Kier molecular flexibility index (Phi) is 5.08. The fourth-order valence-corrected chi connectivity index (χ4v) is 3.85. The Hall–Kier alpha value is -1.72. The molecule has 2 heterocycles. The highest BCUT2D eigenvalue weighted by Gasteiger charge is 2.28. The molecule has 1 unspecified atom stereocenters. The third-order valence-corrected chi connectivity index (χ3v) is 5.22. The molecule has 3 rings (SSSR count). The van der Waals surface area contributed by atoms with E-state index in [1.165, 1.54) is 17.0 Å². The van der Waals surface area contributed by atoms with E-state index in [2.05, 4.69) is 4.90 Å². The molecule has 1 aromatic carbocycles. The molecule has 1 atom stereocenters. The number of hydrogen-bond donors (Lipinski definition) is 0. The summed E-state index contributed by atoms with van der Waals surface area (Å²) in [7, 11) is 1.85. The predicted octanol–water partition coefficient (Wildman–Crippen LogP) is 3.68. The predicted molar refractivity (Wildman–Crippen MR) is 90.7 cm³/mol. The van der Waals surface area contributed by atoms with Crippen LogP contribution in [0.15, 0.2) is 41.8 Å². The molecule has 0 radical (unpaired) electrons. The van der Waals surface area contributed by atoms with Crippen molar-refractivity contribution in [2.24, 2.45) is 0 Å². The van der Waals surface area contributed by atoms with Gasteiger partial charge in [0.1, 0.15) is 5.82 Å². The Morgan fingerprint density at radius 3 is 2.83 bits per heavy atom. The molecule has 3 nitrogen and oxygen atoms in total. The number of halogens is 1. The minimum absolute atomic E-state index is 0.132. The van der Waals surface area contributed by atoms with E-state index in [1.807, 2.05) is 36.7 Å². The Morgan fingerprint density at radius 1 is 1.35 bits per heavy atom. The smallest absolute Gasteiger partial charge is 0.236 e. The Bertz CT molecular complexity index is 642. The second kappa shape index (κ2) is 7.23. The molecule has 2 aromatic rings. The molecular weight excluding hydrogens is 311 g/mol. The van der Waals surface area contributed by atoms with Gasteiger partial charge >= 0.3 is 0 Å². The van der Waals surface area contributed by atoms with Gasteiger partial charge in [0.15, 0.2) is 0 Å². The molecule has 5 heteroatoms. The highest BCUT2D eigenvalue weighted by Crippen LogP contribution is 2.31. The van der Waals surface area contributed by atoms with Gasteiger partial charge in [-0.15, -0.1) is 11.3 Å². The van der Waals surface area contributed by atoms with Gasteiger partial charge in [0.25, 0.3) is 0 Å². The minimum Gasteiger partial charge on any atom is -0.340 e. The quantitative estimate of drug-likeness (QED) is 0.834. The van der Waals surface area contributed by atoms with E-state index < -0.39 is 0 Å². The number of likely N-dealkylation sites (N-methyl/N-ethyl adjacent to an activating group) is 1. The average molecular weight is 332 g/mol. The third kappa shape index (κ3) is 3.98. The Morgan fingerprint density at radius 2 is 2.13 bits per heavy atom. The third-order valence-electron chi connectivity index (χ3n) is 4.36. The summed E-state index contributed by atoms with van der Waals surface area (Å²) in [5.41, 5.74) is 1.10. The van der Waals surface area contributed by atoms with Gasteiger partial charge in [-0.1, -0.05) is 18.2 Å². The van der Waals surface area contributed by atoms with Crippen LogP contribution in [-0.4, -0.2) is 35.8 Å². The summed E-state index contributed by atoms with van der Waals surface area (Å²) in [5.74, 6) is -0.0857. The van der Waals surface area contributed by atoms with Gasteiger partial charge in [-0.2, -0.15) is 0 Å². The zero-order chi connectivity index (χ0) is 16.2. The summed E-state index contributed by atoms with van der Waals surface area (Å²) in [4.78, 5) is 17.7. The molecule has 1 amide bonds. The summed E-state index contributed by atoms with van der Waals surface area (Å²) in [6.45, 7) is 2.00. The van der Waals surface area contributed by atoms with Crippen LogP contribution < -0.4 is 0 Å². The maximum Gasteiger partial charge on any atom is 0.236 e. The van der Waals surface area contributed by atoms with Crippen molar-refractivity contribution in [3.8, 4) is 0 Å². The van der Waals surface area contributed by atoms with Crippen LogP contribution in [0.2, 0.25) is 0 Å². The number of hydrogen-bond acceptors (Lipinski definition) is 3. The summed E-state index contributed by atoms with van der Waals surface area (Å²) in [6, 6.07) is 10.9. The van der Waals surface area contributed by atoms with E-state index in [9.17, 15) is 9.18 Å². The summed E-state index contributed by atoms with van der Waals surface area (Å²) < 4.78 is 13.1. The van der Waals surface area contributed by atoms with E-state index >= 15 is 0 Å². The van der Waals surface area contributed by atoms with Gasteiger partial charge in [-0.25, -0.2) is 4.39 Å². The molecule has 1 aliphatic rings. The zero-order valence-corrected chi connectivity index (χ0v) is 14.1. The van der Waals surface area contributed by atoms with Crippen LogP contribution in [0.1, 0.15) is 29.3 Å². The van der Waals surface area contributed by atoms with Crippen LogP contribution in [0.25, 0.3) is 0 Å². The summed E-state index contributed by atoms with van der Waals surface area (Å²) >= 11 is 1.67. The van der Waals surface area contributed by atoms with Gasteiger partial charge in [0.05, 0.1) is 13.1 Å². The molecule has 1 aromatic heterocycles. The van der Waals surface area contributed by atoms with Crippen molar-refractivity contribution < 1.29 is 9.18 Å². The van der Waals surface area contributed by atoms with E-state index in [4.69, 9.17) is 0 Å². The standard InChI is InChI=1S/C18H21FN2OS/c1-20(12-16-4-3-11-23-16)18(22)13-21-10-2-5-17(21)14-6-8-15(19)9-7-14/h3-4,6-9,11,17H,2,5,10,12-13H2,1H3. The molecule has 1 saturated heterocycles. The fraction of sp³-hybridized carbons (Fsp3) is 0.389. The number of carbonyl (C=O) groups excluding carboxylic acids is 1. The monoisotopic (exact) mass is 332 g/mol. The molecular formula is C18H21FN2OS. The van der Waals surface area contributed by atoms with Crippen LogP contribution in [0.5, 0.6) is 0 Å². The number of benzene rings is 1. The second-order valence-corrected chi connectivity index (χ2v) is 7.04. The van der Waals surface area contributed by atoms with Crippen molar-refractivity contribution in [3.05, 3.63) is 58.0 Å². The number of thiophene rings is 1.